The first-order valence-corrected chi connectivity index (χ1v) is 5.61. The van der Waals surface area contributed by atoms with Crippen molar-refractivity contribution in [2.75, 3.05) is 24.7 Å². The maximum absolute atomic E-state index is 6.12. The van der Waals surface area contributed by atoms with Gasteiger partial charge in [0, 0.05) is 36.8 Å². The molecule has 0 aliphatic rings. The Morgan fingerprint density at radius 2 is 2.24 bits per heavy atom. The van der Waals surface area contributed by atoms with Gasteiger partial charge in [-0.15, -0.1) is 0 Å². The molecule has 4 nitrogen and oxygen atoms in total. The average molecular weight is 231 g/mol. The molecule has 0 aliphatic heterocycles. The van der Waals surface area contributed by atoms with Crippen LogP contribution < -0.4 is 11.1 Å². The Bertz CT molecular complexity index is 513. The lowest BCUT2D eigenvalue weighted by Crippen LogP contribution is -2.18. The largest absolute Gasteiger partial charge is 0.397 e. The van der Waals surface area contributed by atoms with Crippen LogP contribution in [0.25, 0.3) is 10.8 Å². The second-order valence-electron chi connectivity index (χ2n) is 4.05. The van der Waals surface area contributed by atoms with Gasteiger partial charge in [-0.2, -0.15) is 0 Å². The zero-order valence-electron chi connectivity index (χ0n) is 10.1. The summed E-state index contributed by atoms with van der Waals surface area (Å²) in [7, 11) is 1.70. The minimum Gasteiger partial charge on any atom is -0.397 e. The van der Waals surface area contributed by atoms with Crippen molar-refractivity contribution in [2.45, 2.75) is 13.0 Å². The van der Waals surface area contributed by atoms with Gasteiger partial charge in [0.15, 0.2) is 0 Å². The van der Waals surface area contributed by atoms with Crippen LogP contribution in [-0.4, -0.2) is 24.7 Å². The van der Waals surface area contributed by atoms with Gasteiger partial charge < -0.3 is 15.8 Å². The summed E-state index contributed by atoms with van der Waals surface area (Å²) in [5, 5.41) is 5.36. The summed E-state index contributed by atoms with van der Waals surface area (Å²) in [5.74, 6) is 0. The molecular weight excluding hydrogens is 214 g/mol. The fraction of sp³-hybridized carbons (Fsp3) is 0.308. The van der Waals surface area contributed by atoms with Gasteiger partial charge in [0.05, 0.1) is 17.5 Å². The molecule has 1 unspecified atom stereocenters. The highest BCUT2D eigenvalue weighted by Gasteiger charge is 2.05. The fourth-order valence-corrected chi connectivity index (χ4v) is 1.68. The van der Waals surface area contributed by atoms with Crippen LogP contribution in [0.1, 0.15) is 6.92 Å². The highest BCUT2D eigenvalue weighted by atomic mass is 16.5. The van der Waals surface area contributed by atoms with Crippen LogP contribution in [-0.2, 0) is 4.74 Å². The molecule has 0 saturated heterocycles. The lowest BCUT2D eigenvalue weighted by molar-refractivity contribution is 0.129. The third-order valence-corrected chi connectivity index (χ3v) is 2.84. The predicted octanol–water partition coefficient (Wildman–Crippen LogP) is 2.26. The molecule has 0 spiro atoms. The molecule has 1 heterocycles. The molecule has 2 aromatic rings. The zero-order chi connectivity index (χ0) is 12.3. The zero-order valence-corrected chi connectivity index (χ0v) is 10.1. The molecule has 0 saturated carbocycles. The summed E-state index contributed by atoms with van der Waals surface area (Å²) >= 11 is 0. The molecule has 4 heteroatoms. The molecule has 0 radical (unpaired) electrons. The number of methoxy groups -OCH3 is 1. The summed E-state index contributed by atoms with van der Waals surface area (Å²) in [6, 6.07) is 5.91. The molecule has 1 aromatic heterocycles. The van der Waals surface area contributed by atoms with Gasteiger partial charge >= 0.3 is 0 Å². The standard InChI is InChI=1S/C13H17N3O/c1-9(17-2)7-16-12-4-3-10-8-15-6-5-11(10)13(12)14/h3-6,8-9,16H,7,14H2,1-2H3. The lowest BCUT2D eigenvalue weighted by Gasteiger charge is -2.14. The average Bonchev–Trinajstić information content (AvgIpc) is 2.38. The van der Waals surface area contributed by atoms with E-state index >= 15 is 0 Å². The van der Waals surface area contributed by atoms with Crippen LogP contribution in [0.2, 0.25) is 0 Å². The third-order valence-electron chi connectivity index (χ3n) is 2.84. The summed E-state index contributed by atoms with van der Waals surface area (Å²) in [6.07, 6.45) is 3.72. The highest BCUT2D eigenvalue weighted by Crippen LogP contribution is 2.27. The first-order chi connectivity index (χ1) is 8.22. The molecule has 0 fully saturated rings. The number of pyridine rings is 1. The van der Waals surface area contributed by atoms with Gasteiger partial charge in [0.2, 0.25) is 0 Å². The van der Waals surface area contributed by atoms with Crippen LogP contribution in [0.3, 0.4) is 0 Å². The van der Waals surface area contributed by atoms with Crippen LogP contribution in [0.5, 0.6) is 0 Å². The molecule has 0 amide bonds. The van der Waals surface area contributed by atoms with Crippen LogP contribution >= 0.6 is 0 Å². The van der Waals surface area contributed by atoms with Crippen molar-refractivity contribution in [2.24, 2.45) is 0 Å². The number of ether oxygens (including phenoxy) is 1. The van der Waals surface area contributed by atoms with E-state index in [1.807, 2.05) is 31.3 Å². The van der Waals surface area contributed by atoms with E-state index in [1.165, 1.54) is 0 Å². The van der Waals surface area contributed by atoms with Crippen LogP contribution in [0, 0.1) is 0 Å². The summed E-state index contributed by atoms with van der Waals surface area (Å²) in [4.78, 5) is 4.08. The molecule has 2 rings (SSSR count). The van der Waals surface area contributed by atoms with E-state index < -0.39 is 0 Å². The SMILES string of the molecule is COC(C)CNc1ccc2cnccc2c1N. The number of aromatic nitrogens is 1. The Hall–Kier alpha value is -1.81. The topological polar surface area (TPSA) is 60.2 Å². The van der Waals surface area contributed by atoms with Crippen molar-refractivity contribution >= 4 is 22.1 Å². The van der Waals surface area contributed by atoms with E-state index in [0.29, 0.717) is 0 Å². The molecule has 90 valence electrons. The normalized spacial score (nSPS) is 12.6. The fourth-order valence-electron chi connectivity index (χ4n) is 1.68. The minimum atomic E-state index is 0.155. The predicted molar refractivity (Wildman–Crippen MR) is 71.1 cm³/mol. The summed E-state index contributed by atoms with van der Waals surface area (Å²) < 4.78 is 5.19. The Balaban J connectivity index is 2.26. The van der Waals surface area contributed by atoms with Gasteiger partial charge in [-0.25, -0.2) is 0 Å². The number of benzene rings is 1. The molecule has 0 bridgehead atoms. The monoisotopic (exact) mass is 231 g/mol. The van der Waals surface area contributed by atoms with Crippen molar-refractivity contribution in [3.8, 4) is 0 Å². The Kier molecular flexibility index (Phi) is 3.44. The van der Waals surface area contributed by atoms with E-state index in [4.69, 9.17) is 10.5 Å². The number of rotatable bonds is 4. The van der Waals surface area contributed by atoms with Gasteiger partial charge in [-0.05, 0) is 19.1 Å². The summed E-state index contributed by atoms with van der Waals surface area (Å²) in [5.41, 5.74) is 7.81. The summed E-state index contributed by atoms with van der Waals surface area (Å²) in [6.45, 7) is 2.74. The smallest absolute Gasteiger partial charge is 0.0715 e. The Morgan fingerprint density at radius 3 is 3.00 bits per heavy atom. The second-order valence-corrected chi connectivity index (χ2v) is 4.05. The van der Waals surface area contributed by atoms with Crippen molar-refractivity contribution < 1.29 is 4.74 Å². The second kappa shape index (κ2) is 5.01. The van der Waals surface area contributed by atoms with Crippen molar-refractivity contribution in [1.29, 1.82) is 0 Å². The number of anilines is 2. The number of nitrogens with one attached hydrogen (secondary N) is 1. The maximum Gasteiger partial charge on any atom is 0.0715 e. The Labute approximate surface area is 101 Å². The quantitative estimate of drug-likeness (QED) is 0.792. The van der Waals surface area contributed by atoms with Crippen molar-refractivity contribution in [1.82, 2.24) is 4.98 Å². The minimum absolute atomic E-state index is 0.155. The molecule has 3 N–H and O–H groups in total. The van der Waals surface area contributed by atoms with Crippen molar-refractivity contribution in [3.05, 3.63) is 30.6 Å². The van der Waals surface area contributed by atoms with Crippen molar-refractivity contribution in [3.63, 3.8) is 0 Å². The number of nitrogens with zero attached hydrogens (tertiary/aromatic N) is 1. The highest BCUT2D eigenvalue weighted by molar-refractivity contribution is 5.98. The Morgan fingerprint density at radius 1 is 1.41 bits per heavy atom. The van der Waals surface area contributed by atoms with Gasteiger partial charge in [0.25, 0.3) is 0 Å². The third kappa shape index (κ3) is 2.47. The molecule has 0 aliphatic carbocycles. The van der Waals surface area contributed by atoms with Gasteiger partial charge in [0.1, 0.15) is 0 Å². The van der Waals surface area contributed by atoms with E-state index in [0.717, 1.165) is 28.7 Å². The van der Waals surface area contributed by atoms with Gasteiger partial charge in [-0.1, -0.05) is 6.07 Å². The van der Waals surface area contributed by atoms with E-state index in [-0.39, 0.29) is 6.10 Å². The van der Waals surface area contributed by atoms with E-state index in [2.05, 4.69) is 10.3 Å². The molecule has 1 atom stereocenters. The van der Waals surface area contributed by atoms with E-state index in [1.54, 1.807) is 13.3 Å². The molecular formula is C13H17N3O. The molecule has 1 aromatic carbocycles. The number of fused-ring (bicyclic) bond motifs is 1. The van der Waals surface area contributed by atoms with Gasteiger partial charge in [-0.3, -0.25) is 4.98 Å². The number of nitrogens with two attached hydrogens (primary N) is 1. The van der Waals surface area contributed by atoms with Crippen LogP contribution in [0.4, 0.5) is 11.4 Å². The number of nitrogen functional groups attached to an aromatic ring is 1. The first-order valence-electron chi connectivity index (χ1n) is 5.61. The maximum atomic E-state index is 6.12. The number of hydrogen-bond donors (Lipinski definition) is 2. The first kappa shape index (κ1) is 11.7. The van der Waals surface area contributed by atoms with Crippen LogP contribution in [0.15, 0.2) is 30.6 Å². The lowest BCUT2D eigenvalue weighted by atomic mass is 10.1. The molecule has 17 heavy (non-hydrogen) atoms. The number of hydrogen-bond acceptors (Lipinski definition) is 4. The van der Waals surface area contributed by atoms with E-state index in [9.17, 15) is 0 Å².